The molecule has 1 aromatic rings. The van der Waals surface area contributed by atoms with Gasteiger partial charge in [-0.1, -0.05) is 24.3 Å². The summed E-state index contributed by atoms with van der Waals surface area (Å²) in [4.78, 5) is 1.45. The number of hydrogen-bond donors (Lipinski definition) is 0. The molecule has 69 valence electrons. The van der Waals surface area contributed by atoms with Gasteiger partial charge in [0.2, 0.25) is 0 Å². The Morgan fingerprint density at radius 2 is 2.07 bits per heavy atom. The molecule has 0 bridgehead atoms. The van der Waals surface area contributed by atoms with Crippen LogP contribution in [-0.2, 0) is 6.42 Å². The van der Waals surface area contributed by atoms with Crippen molar-refractivity contribution in [2.75, 3.05) is 0 Å². The second-order valence-corrected chi connectivity index (χ2v) is 4.56. The Kier molecular flexibility index (Phi) is 1.95. The predicted octanol–water partition coefficient (Wildman–Crippen LogP) is 2.80. The highest BCUT2D eigenvalue weighted by Gasteiger charge is 2.26. The first-order valence-electron chi connectivity index (χ1n) is 4.97. The number of nitrogens with zero attached hydrogens (tertiary/aromatic N) is 1. The molecule has 1 aromatic carbocycles. The lowest BCUT2D eigenvalue weighted by Gasteiger charge is -2.03. The van der Waals surface area contributed by atoms with Gasteiger partial charge in [-0.05, 0) is 30.4 Å². The Balaban J connectivity index is 2.20. The minimum atomic E-state index is 1.19. The summed E-state index contributed by atoms with van der Waals surface area (Å²) in [7, 11) is 0. The minimum Gasteiger partial charge on any atom is -0.0620 e. The third kappa shape index (κ3) is 1.22. The Bertz CT molecular complexity index is 432. The molecule has 1 aliphatic carbocycles. The Hall–Kier alpha value is -1.02. The van der Waals surface area contributed by atoms with Gasteiger partial charge in [-0.15, -0.1) is 0 Å². The number of benzene rings is 1. The van der Waals surface area contributed by atoms with Crippen LogP contribution < -0.4 is 4.40 Å². The van der Waals surface area contributed by atoms with Crippen LogP contribution in [0.2, 0.25) is 0 Å². The Morgan fingerprint density at radius 3 is 3.07 bits per heavy atom. The second-order valence-electron chi connectivity index (χ2n) is 3.67. The van der Waals surface area contributed by atoms with Gasteiger partial charge in [-0.2, -0.15) is 0 Å². The van der Waals surface area contributed by atoms with Crippen molar-refractivity contribution in [1.29, 1.82) is 0 Å². The summed E-state index contributed by atoms with van der Waals surface area (Å²) in [5.41, 5.74) is 4.24. The van der Waals surface area contributed by atoms with Crippen LogP contribution in [-0.4, -0.2) is 6.21 Å². The van der Waals surface area contributed by atoms with Crippen molar-refractivity contribution < 1.29 is 0 Å². The van der Waals surface area contributed by atoms with Crippen molar-refractivity contribution in [3.63, 3.8) is 0 Å². The van der Waals surface area contributed by atoms with Crippen molar-refractivity contribution >= 4 is 23.7 Å². The van der Waals surface area contributed by atoms with Gasteiger partial charge in [0.25, 0.3) is 18.2 Å². The largest absolute Gasteiger partial charge is 0.270 e. The fourth-order valence-electron chi connectivity index (χ4n) is 2.10. The molecule has 1 radical (unpaired) electrons. The van der Waals surface area contributed by atoms with Gasteiger partial charge in [0.05, 0.1) is 10.5 Å². The summed E-state index contributed by atoms with van der Waals surface area (Å²) >= 11 is 1.65. The SMILES string of the molecule is C1=[N+]SC2=C1c1ccccc1CCC2. The maximum absolute atomic E-state index is 4.29. The predicted molar refractivity (Wildman–Crippen MR) is 62.1 cm³/mol. The fourth-order valence-corrected chi connectivity index (χ4v) is 2.89. The van der Waals surface area contributed by atoms with Crippen LogP contribution in [0.15, 0.2) is 29.2 Å². The Morgan fingerprint density at radius 1 is 1.14 bits per heavy atom. The van der Waals surface area contributed by atoms with E-state index in [1.165, 1.54) is 40.9 Å². The first kappa shape index (κ1) is 8.30. The molecule has 0 unspecified atom stereocenters. The van der Waals surface area contributed by atoms with E-state index >= 15 is 0 Å². The summed E-state index contributed by atoms with van der Waals surface area (Å²) < 4.78 is 4.29. The highest BCUT2D eigenvalue weighted by molar-refractivity contribution is 8.01. The molecule has 0 fully saturated rings. The van der Waals surface area contributed by atoms with E-state index in [0.29, 0.717) is 0 Å². The molecule has 2 heteroatoms. The van der Waals surface area contributed by atoms with Crippen LogP contribution in [0, 0.1) is 0 Å². The molecule has 0 saturated carbocycles. The molecule has 0 amide bonds. The number of aryl methyl sites for hydroxylation is 1. The molecule has 0 spiro atoms. The van der Waals surface area contributed by atoms with E-state index < -0.39 is 0 Å². The molecule has 1 heterocycles. The van der Waals surface area contributed by atoms with E-state index in [-0.39, 0.29) is 0 Å². The van der Waals surface area contributed by atoms with Gasteiger partial charge in [-0.3, -0.25) is 0 Å². The van der Waals surface area contributed by atoms with Crippen LogP contribution in [0.1, 0.15) is 24.0 Å². The van der Waals surface area contributed by atoms with Crippen molar-refractivity contribution in [1.82, 2.24) is 4.40 Å². The molecule has 3 rings (SSSR count). The maximum atomic E-state index is 4.29. The number of hydrogen-bond acceptors (Lipinski definition) is 2. The highest BCUT2D eigenvalue weighted by Crippen LogP contribution is 2.36. The molecule has 14 heavy (non-hydrogen) atoms. The van der Waals surface area contributed by atoms with E-state index in [4.69, 9.17) is 0 Å². The summed E-state index contributed by atoms with van der Waals surface area (Å²) in [6.07, 6.45) is 5.67. The van der Waals surface area contributed by atoms with E-state index in [1.54, 1.807) is 11.9 Å². The molecule has 0 atom stereocenters. The van der Waals surface area contributed by atoms with Crippen molar-refractivity contribution in [3.8, 4) is 0 Å². The fraction of sp³-hybridized carbons (Fsp3) is 0.250. The molecule has 1 nitrogen and oxygen atoms in total. The maximum Gasteiger partial charge on any atom is 0.270 e. The summed E-state index contributed by atoms with van der Waals surface area (Å²) in [6, 6.07) is 8.70. The van der Waals surface area contributed by atoms with Gasteiger partial charge in [0, 0.05) is 0 Å². The highest BCUT2D eigenvalue weighted by atomic mass is 32.2. The van der Waals surface area contributed by atoms with Crippen LogP contribution in [0.3, 0.4) is 0 Å². The zero-order valence-corrected chi connectivity index (χ0v) is 8.68. The molecule has 1 aliphatic heterocycles. The molecule has 2 aliphatic rings. The molecule has 0 N–H and O–H groups in total. The minimum absolute atomic E-state index is 1.19. The smallest absolute Gasteiger partial charge is 0.0620 e. The topological polar surface area (TPSA) is 14.1 Å². The van der Waals surface area contributed by atoms with Crippen LogP contribution in [0.4, 0.5) is 0 Å². The van der Waals surface area contributed by atoms with Crippen LogP contribution >= 0.6 is 11.9 Å². The normalized spacial score (nSPS) is 19.1. The lowest BCUT2D eigenvalue weighted by Crippen LogP contribution is -1.91. The first-order chi connectivity index (χ1) is 6.95. The van der Waals surface area contributed by atoms with Gasteiger partial charge >= 0.3 is 0 Å². The van der Waals surface area contributed by atoms with E-state index in [0.717, 1.165) is 0 Å². The average molecular weight is 201 g/mol. The quantitative estimate of drug-likeness (QED) is 0.589. The van der Waals surface area contributed by atoms with Crippen molar-refractivity contribution in [2.24, 2.45) is 0 Å². The van der Waals surface area contributed by atoms with E-state index in [2.05, 4.69) is 28.7 Å². The standard InChI is InChI=1S/C12H11NS/c1-2-6-10-9(4-1)5-3-7-12-11(10)8-13-14-12/h1-2,4,6,8H,3,5,7H2/q+1. The van der Waals surface area contributed by atoms with Gasteiger partial charge in [0.1, 0.15) is 4.40 Å². The zero-order chi connectivity index (χ0) is 9.38. The van der Waals surface area contributed by atoms with Crippen molar-refractivity contribution in [2.45, 2.75) is 19.3 Å². The zero-order valence-electron chi connectivity index (χ0n) is 7.86. The number of fused-ring (bicyclic) bond motifs is 2. The van der Waals surface area contributed by atoms with E-state index in [9.17, 15) is 0 Å². The van der Waals surface area contributed by atoms with Gasteiger partial charge in [-0.25, -0.2) is 0 Å². The summed E-state index contributed by atoms with van der Waals surface area (Å²) in [6.45, 7) is 0. The van der Waals surface area contributed by atoms with Gasteiger partial charge < -0.3 is 0 Å². The third-order valence-electron chi connectivity index (χ3n) is 2.80. The Labute approximate surface area is 88.1 Å². The first-order valence-corrected chi connectivity index (χ1v) is 5.74. The lowest BCUT2D eigenvalue weighted by molar-refractivity contribution is 0.845. The van der Waals surface area contributed by atoms with Crippen LogP contribution in [0.5, 0.6) is 0 Å². The van der Waals surface area contributed by atoms with E-state index in [1.807, 2.05) is 6.21 Å². The lowest BCUT2D eigenvalue weighted by atomic mass is 10.00. The second kappa shape index (κ2) is 3.28. The third-order valence-corrected chi connectivity index (χ3v) is 3.66. The summed E-state index contributed by atoms with van der Waals surface area (Å²) in [5, 5.41) is 0. The van der Waals surface area contributed by atoms with Crippen molar-refractivity contribution in [3.05, 3.63) is 40.3 Å². The molecular weight excluding hydrogens is 190 g/mol. The molecular formula is C12H11NS+. The molecule has 0 aromatic heterocycles. The van der Waals surface area contributed by atoms with Gasteiger partial charge in [0.15, 0.2) is 0 Å². The van der Waals surface area contributed by atoms with Crippen LogP contribution in [0.25, 0.3) is 5.57 Å². The summed E-state index contributed by atoms with van der Waals surface area (Å²) in [5.74, 6) is 0. The molecule has 0 saturated heterocycles. The average Bonchev–Trinajstić information content (AvgIpc) is 2.61. The number of rotatable bonds is 0. The number of allylic oxidation sites excluding steroid dienone is 2. The monoisotopic (exact) mass is 201 g/mol.